The first kappa shape index (κ1) is 13.7. The van der Waals surface area contributed by atoms with Crippen molar-refractivity contribution in [3.05, 3.63) is 29.8 Å². The van der Waals surface area contributed by atoms with Gasteiger partial charge < -0.3 is 15.3 Å². The minimum atomic E-state index is -0.0639. The zero-order chi connectivity index (χ0) is 13.7. The van der Waals surface area contributed by atoms with E-state index in [1.165, 1.54) is 0 Å². The maximum absolute atomic E-state index is 12.1. The Morgan fingerprint density at radius 3 is 2.89 bits per heavy atom. The summed E-state index contributed by atoms with van der Waals surface area (Å²) in [7, 11) is 0. The van der Waals surface area contributed by atoms with Gasteiger partial charge in [-0.3, -0.25) is 9.59 Å². The molecular formula is C14H18N2O3. The molecule has 19 heavy (non-hydrogen) atoms. The molecule has 0 aromatic heterocycles. The summed E-state index contributed by atoms with van der Waals surface area (Å²) in [6.07, 6.45) is 0.727. The Labute approximate surface area is 112 Å². The van der Waals surface area contributed by atoms with Crippen molar-refractivity contribution in [2.75, 3.05) is 31.1 Å². The lowest BCUT2D eigenvalue weighted by molar-refractivity contribution is -0.122. The van der Waals surface area contributed by atoms with E-state index in [1.807, 2.05) is 24.3 Å². The largest absolute Gasteiger partial charge is 0.395 e. The highest BCUT2D eigenvalue weighted by molar-refractivity contribution is 6.03. The number of amides is 1. The van der Waals surface area contributed by atoms with Crippen molar-refractivity contribution in [2.45, 2.75) is 12.8 Å². The number of rotatable bonds is 5. The van der Waals surface area contributed by atoms with E-state index in [0.717, 1.165) is 11.3 Å². The van der Waals surface area contributed by atoms with Gasteiger partial charge in [0.1, 0.15) is 0 Å². The third-order valence-electron chi connectivity index (χ3n) is 3.11. The predicted octanol–water partition coefficient (Wildman–Crippen LogP) is 0.117. The molecule has 2 rings (SSSR count). The van der Waals surface area contributed by atoms with Gasteiger partial charge >= 0.3 is 0 Å². The average molecular weight is 262 g/mol. The Kier molecular flexibility index (Phi) is 4.65. The number of hydrogen-bond acceptors (Lipinski definition) is 4. The van der Waals surface area contributed by atoms with E-state index in [1.54, 1.807) is 4.90 Å². The summed E-state index contributed by atoms with van der Waals surface area (Å²) in [6, 6.07) is 7.51. The van der Waals surface area contributed by atoms with Crippen molar-refractivity contribution < 1.29 is 14.7 Å². The second-order valence-electron chi connectivity index (χ2n) is 4.55. The second-order valence-corrected chi connectivity index (χ2v) is 4.55. The van der Waals surface area contributed by atoms with Crippen molar-refractivity contribution in [1.29, 1.82) is 0 Å². The van der Waals surface area contributed by atoms with Crippen LogP contribution in [0.3, 0.4) is 0 Å². The summed E-state index contributed by atoms with van der Waals surface area (Å²) in [5.41, 5.74) is 1.75. The highest BCUT2D eigenvalue weighted by Crippen LogP contribution is 2.25. The molecule has 1 heterocycles. The van der Waals surface area contributed by atoms with Crippen molar-refractivity contribution in [3.8, 4) is 0 Å². The van der Waals surface area contributed by atoms with Gasteiger partial charge in [0.2, 0.25) is 5.91 Å². The fourth-order valence-corrected chi connectivity index (χ4v) is 2.21. The summed E-state index contributed by atoms with van der Waals surface area (Å²) in [4.78, 5) is 25.4. The van der Waals surface area contributed by atoms with Crippen molar-refractivity contribution >= 4 is 17.4 Å². The van der Waals surface area contributed by atoms with E-state index in [4.69, 9.17) is 5.11 Å². The SMILES string of the molecule is O=C1Cc2ccccc2N(C(=O)CCNCCO)C1. The lowest BCUT2D eigenvalue weighted by Gasteiger charge is -2.28. The van der Waals surface area contributed by atoms with Crippen LogP contribution in [0.5, 0.6) is 0 Å². The Morgan fingerprint density at radius 1 is 1.32 bits per heavy atom. The number of nitrogens with one attached hydrogen (secondary N) is 1. The molecular weight excluding hydrogens is 244 g/mol. The molecule has 5 nitrogen and oxygen atoms in total. The van der Waals surface area contributed by atoms with Crippen LogP contribution >= 0.6 is 0 Å². The fraction of sp³-hybridized carbons (Fsp3) is 0.429. The van der Waals surface area contributed by atoms with Crippen LogP contribution in [-0.4, -0.2) is 43.0 Å². The smallest absolute Gasteiger partial charge is 0.228 e. The average Bonchev–Trinajstić information content (AvgIpc) is 2.42. The molecule has 1 amide bonds. The molecule has 0 radical (unpaired) electrons. The Hall–Kier alpha value is -1.72. The van der Waals surface area contributed by atoms with Crippen molar-refractivity contribution in [2.24, 2.45) is 0 Å². The molecule has 0 fully saturated rings. The zero-order valence-corrected chi connectivity index (χ0v) is 10.8. The van der Waals surface area contributed by atoms with Crippen LogP contribution in [0.25, 0.3) is 0 Å². The topological polar surface area (TPSA) is 69.6 Å². The molecule has 102 valence electrons. The highest BCUT2D eigenvalue weighted by Gasteiger charge is 2.26. The molecule has 1 aliphatic heterocycles. The summed E-state index contributed by atoms with van der Waals surface area (Å²) in [6.45, 7) is 1.20. The van der Waals surface area contributed by atoms with Crippen molar-refractivity contribution in [1.82, 2.24) is 5.32 Å². The van der Waals surface area contributed by atoms with Gasteiger partial charge in [-0.15, -0.1) is 0 Å². The number of hydrogen-bond donors (Lipinski definition) is 2. The van der Waals surface area contributed by atoms with Gasteiger partial charge in [0, 0.05) is 31.6 Å². The minimum absolute atomic E-state index is 0.0548. The van der Waals surface area contributed by atoms with Gasteiger partial charge in [-0.05, 0) is 11.6 Å². The van der Waals surface area contributed by atoms with E-state index in [2.05, 4.69) is 5.32 Å². The van der Waals surface area contributed by atoms with E-state index in [-0.39, 0.29) is 24.8 Å². The van der Waals surface area contributed by atoms with E-state index >= 15 is 0 Å². The molecule has 0 unspecified atom stereocenters. The third kappa shape index (κ3) is 3.39. The summed E-state index contributed by atoms with van der Waals surface area (Å²) in [5.74, 6) is 0.00121. The first-order chi connectivity index (χ1) is 9.22. The van der Waals surface area contributed by atoms with Crippen LogP contribution in [0, 0.1) is 0 Å². The van der Waals surface area contributed by atoms with Gasteiger partial charge in [-0.1, -0.05) is 18.2 Å². The van der Waals surface area contributed by atoms with Gasteiger partial charge in [0.25, 0.3) is 0 Å². The number of fused-ring (bicyclic) bond motifs is 1. The molecule has 0 bridgehead atoms. The second kappa shape index (κ2) is 6.45. The first-order valence-electron chi connectivity index (χ1n) is 6.44. The Morgan fingerprint density at radius 2 is 2.11 bits per heavy atom. The monoisotopic (exact) mass is 262 g/mol. The number of aliphatic hydroxyl groups excluding tert-OH is 1. The quantitative estimate of drug-likeness (QED) is 0.739. The Bertz CT molecular complexity index is 474. The van der Waals surface area contributed by atoms with Crippen LogP contribution in [0.15, 0.2) is 24.3 Å². The highest BCUT2D eigenvalue weighted by atomic mass is 16.3. The number of nitrogens with zero attached hydrogens (tertiary/aromatic N) is 1. The fourth-order valence-electron chi connectivity index (χ4n) is 2.21. The number of benzene rings is 1. The van der Waals surface area contributed by atoms with E-state index in [0.29, 0.717) is 25.9 Å². The summed E-state index contributed by atoms with van der Waals surface area (Å²) in [5, 5.41) is 11.6. The van der Waals surface area contributed by atoms with Gasteiger partial charge in [0.05, 0.1) is 13.2 Å². The summed E-state index contributed by atoms with van der Waals surface area (Å²) >= 11 is 0. The molecule has 1 aromatic carbocycles. The number of carbonyl (C=O) groups excluding carboxylic acids is 2. The Balaban J connectivity index is 2.03. The van der Waals surface area contributed by atoms with Gasteiger partial charge in [0.15, 0.2) is 5.78 Å². The molecule has 0 spiro atoms. The predicted molar refractivity (Wildman–Crippen MR) is 72.1 cm³/mol. The number of carbonyl (C=O) groups is 2. The minimum Gasteiger partial charge on any atom is -0.395 e. The molecule has 0 saturated carbocycles. The molecule has 0 aliphatic carbocycles. The van der Waals surface area contributed by atoms with E-state index in [9.17, 15) is 9.59 Å². The number of para-hydroxylation sites is 1. The number of Topliss-reactive ketones (excluding diaryl/α,β-unsaturated/α-hetero) is 1. The lowest BCUT2D eigenvalue weighted by atomic mass is 10.0. The molecule has 5 heteroatoms. The molecule has 2 N–H and O–H groups in total. The van der Waals surface area contributed by atoms with Gasteiger partial charge in [-0.25, -0.2) is 0 Å². The number of anilines is 1. The van der Waals surface area contributed by atoms with Crippen LogP contribution in [0.1, 0.15) is 12.0 Å². The van der Waals surface area contributed by atoms with Crippen LogP contribution in [0.4, 0.5) is 5.69 Å². The standard InChI is InChI=1S/C14H18N2O3/c17-8-7-15-6-5-14(19)16-10-12(18)9-11-3-1-2-4-13(11)16/h1-4,15,17H,5-10H2. The third-order valence-corrected chi connectivity index (χ3v) is 3.11. The van der Waals surface area contributed by atoms with Gasteiger partial charge in [-0.2, -0.15) is 0 Å². The van der Waals surface area contributed by atoms with Crippen molar-refractivity contribution in [3.63, 3.8) is 0 Å². The number of aliphatic hydroxyl groups is 1. The normalized spacial score (nSPS) is 14.4. The maximum atomic E-state index is 12.1. The zero-order valence-electron chi connectivity index (χ0n) is 10.8. The molecule has 1 aromatic rings. The van der Waals surface area contributed by atoms with E-state index < -0.39 is 0 Å². The lowest BCUT2D eigenvalue weighted by Crippen LogP contribution is -2.41. The summed E-state index contributed by atoms with van der Waals surface area (Å²) < 4.78 is 0. The number of ketones is 1. The van der Waals surface area contributed by atoms with Crippen LogP contribution in [-0.2, 0) is 16.0 Å². The molecule has 1 aliphatic rings. The van der Waals surface area contributed by atoms with Crippen LogP contribution in [0.2, 0.25) is 0 Å². The maximum Gasteiger partial charge on any atom is 0.228 e. The molecule has 0 saturated heterocycles. The van der Waals surface area contributed by atoms with Crippen LogP contribution < -0.4 is 10.2 Å². The molecule has 0 atom stereocenters. The first-order valence-corrected chi connectivity index (χ1v) is 6.44.